The summed E-state index contributed by atoms with van der Waals surface area (Å²) < 4.78 is 0. The summed E-state index contributed by atoms with van der Waals surface area (Å²) in [5.41, 5.74) is 4.39. The summed E-state index contributed by atoms with van der Waals surface area (Å²) in [5, 5.41) is 15.2. The molecule has 1 atom stereocenters. The molecule has 0 aliphatic rings. The fourth-order valence-electron chi connectivity index (χ4n) is 3.49. The molecule has 1 unspecified atom stereocenters. The third-order valence-electron chi connectivity index (χ3n) is 5.12. The Morgan fingerprint density at radius 1 is 1.10 bits per heavy atom. The quantitative estimate of drug-likeness (QED) is 0.355. The molecule has 8 heteroatoms. The molecule has 0 aliphatic heterocycles. The van der Waals surface area contributed by atoms with Crippen LogP contribution in [0.4, 0.5) is 17.3 Å². The smallest absolute Gasteiger partial charge is 0.305 e. The number of benzene rings is 2. The van der Waals surface area contributed by atoms with Crippen LogP contribution in [0.15, 0.2) is 67.1 Å². The second kappa shape index (κ2) is 8.20. The van der Waals surface area contributed by atoms with Crippen LogP contribution in [0.25, 0.3) is 10.9 Å². The van der Waals surface area contributed by atoms with Gasteiger partial charge in [0.1, 0.15) is 12.4 Å². The molecule has 0 fully saturated rings. The molecule has 2 aromatic heterocycles. The van der Waals surface area contributed by atoms with Crippen LogP contribution >= 0.6 is 0 Å². The Kier molecular flexibility index (Phi) is 5.30. The second-order valence-electron chi connectivity index (χ2n) is 7.23. The van der Waals surface area contributed by atoms with Crippen molar-refractivity contribution in [2.45, 2.75) is 5.92 Å². The van der Waals surface area contributed by atoms with Crippen molar-refractivity contribution in [1.82, 2.24) is 15.0 Å². The van der Waals surface area contributed by atoms with Crippen molar-refractivity contribution >= 4 is 28.2 Å². The predicted octanol–water partition coefficient (Wildman–Crippen LogP) is 4.18. The van der Waals surface area contributed by atoms with E-state index in [9.17, 15) is 10.1 Å². The van der Waals surface area contributed by atoms with Gasteiger partial charge < -0.3 is 15.2 Å². The highest BCUT2D eigenvalue weighted by molar-refractivity contribution is 5.84. The number of nitrogens with one attached hydrogen (secondary N) is 2. The predicted molar refractivity (Wildman–Crippen MR) is 118 cm³/mol. The summed E-state index contributed by atoms with van der Waals surface area (Å²) in [6.07, 6.45) is 4.46. The first-order chi connectivity index (χ1) is 14.5. The van der Waals surface area contributed by atoms with E-state index in [-0.39, 0.29) is 11.6 Å². The molecule has 152 valence electrons. The maximum Gasteiger partial charge on any atom is 0.305 e. The summed E-state index contributed by atoms with van der Waals surface area (Å²) in [6, 6.07) is 16.6. The summed E-state index contributed by atoms with van der Waals surface area (Å²) in [7, 11) is 4.03. The minimum atomic E-state index is -0.509. The van der Waals surface area contributed by atoms with Gasteiger partial charge in [-0.3, -0.25) is 10.1 Å². The molecule has 0 saturated carbocycles. The molecular weight excluding hydrogens is 380 g/mol. The largest absolute Gasteiger partial charge is 0.378 e. The molecule has 0 bridgehead atoms. The number of para-hydroxylation sites is 1. The first kappa shape index (κ1) is 19.4. The van der Waals surface area contributed by atoms with Gasteiger partial charge >= 0.3 is 5.69 Å². The molecular formula is C22H22N6O2. The maximum atomic E-state index is 10.8. The SMILES string of the molecule is CN(C)c1ccc(C(CNc2ncc([N+](=O)[O-])cn2)c2c[nH]c3ccccc23)cc1. The van der Waals surface area contributed by atoms with Crippen molar-refractivity contribution in [2.24, 2.45) is 0 Å². The van der Waals surface area contributed by atoms with Gasteiger partial charge in [0.15, 0.2) is 0 Å². The molecule has 0 spiro atoms. The Morgan fingerprint density at radius 3 is 2.47 bits per heavy atom. The van der Waals surface area contributed by atoms with Crippen LogP contribution in [-0.4, -0.2) is 40.5 Å². The monoisotopic (exact) mass is 402 g/mol. The van der Waals surface area contributed by atoms with Gasteiger partial charge in [0.25, 0.3) is 0 Å². The van der Waals surface area contributed by atoms with Crippen LogP contribution in [0.2, 0.25) is 0 Å². The number of fused-ring (bicyclic) bond motifs is 1. The van der Waals surface area contributed by atoms with Gasteiger partial charge in [-0.1, -0.05) is 30.3 Å². The van der Waals surface area contributed by atoms with E-state index in [0.717, 1.165) is 27.7 Å². The summed E-state index contributed by atoms with van der Waals surface area (Å²) >= 11 is 0. The van der Waals surface area contributed by atoms with Gasteiger partial charge in [0, 0.05) is 49.3 Å². The van der Waals surface area contributed by atoms with E-state index in [1.165, 1.54) is 12.4 Å². The maximum absolute atomic E-state index is 10.8. The second-order valence-corrected chi connectivity index (χ2v) is 7.23. The van der Waals surface area contributed by atoms with Gasteiger partial charge in [0.2, 0.25) is 5.95 Å². The van der Waals surface area contributed by atoms with Gasteiger partial charge in [-0.25, -0.2) is 9.97 Å². The summed E-state index contributed by atoms with van der Waals surface area (Å²) in [5.74, 6) is 0.395. The molecule has 30 heavy (non-hydrogen) atoms. The van der Waals surface area contributed by atoms with Gasteiger partial charge in [0.05, 0.1) is 4.92 Å². The lowest BCUT2D eigenvalue weighted by Crippen LogP contribution is -2.16. The number of hydrogen-bond donors (Lipinski definition) is 2. The average Bonchev–Trinajstić information content (AvgIpc) is 3.19. The molecule has 4 aromatic rings. The molecule has 4 rings (SSSR count). The zero-order chi connectivity index (χ0) is 21.1. The average molecular weight is 402 g/mol. The Balaban J connectivity index is 1.65. The van der Waals surface area contributed by atoms with E-state index >= 15 is 0 Å². The Bertz CT molecular complexity index is 1150. The highest BCUT2D eigenvalue weighted by Gasteiger charge is 2.19. The Hall–Kier alpha value is -3.94. The van der Waals surface area contributed by atoms with E-state index in [1.54, 1.807) is 0 Å². The number of aromatic nitrogens is 3. The van der Waals surface area contributed by atoms with Gasteiger partial charge in [-0.15, -0.1) is 0 Å². The van der Waals surface area contributed by atoms with Crippen molar-refractivity contribution in [1.29, 1.82) is 0 Å². The minimum Gasteiger partial charge on any atom is -0.378 e. The van der Waals surface area contributed by atoms with E-state index < -0.39 is 4.92 Å². The molecule has 0 radical (unpaired) electrons. The number of nitro groups is 1. The van der Waals surface area contributed by atoms with Crippen LogP contribution in [-0.2, 0) is 0 Å². The molecule has 2 aromatic carbocycles. The number of nitrogens with zero attached hydrogens (tertiary/aromatic N) is 4. The third-order valence-corrected chi connectivity index (χ3v) is 5.12. The van der Waals surface area contributed by atoms with Gasteiger partial charge in [-0.05, 0) is 29.3 Å². The standard InChI is InChI=1S/C22H22N6O2/c1-27(2)16-9-7-15(8-10-16)19(20-14-23-21-6-4-3-5-18(20)21)13-26-22-24-11-17(12-25-22)28(29)30/h3-12,14,19,23H,13H2,1-2H3,(H,24,25,26). The Morgan fingerprint density at radius 2 is 1.80 bits per heavy atom. The van der Waals surface area contributed by atoms with Crippen LogP contribution in [0.5, 0.6) is 0 Å². The number of H-pyrrole nitrogens is 1. The first-order valence-electron chi connectivity index (χ1n) is 9.56. The van der Waals surface area contributed by atoms with Gasteiger partial charge in [-0.2, -0.15) is 0 Å². The van der Waals surface area contributed by atoms with Crippen molar-refractivity contribution in [2.75, 3.05) is 30.9 Å². The lowest BCUT2D eigenvalue weighted by molar-refractivity contribution is -0.385. The van der Waals surface area contributed by atoms with E-state index in [1.807, 2.05) is 32.4 Å². The molecule has 0 saturated heterocycles. The number of rotatable bonds is 7. The minimum absolute atomic E-state index is 0.0381. The van der Waals surface area contributed by atoms with Crippen LogP contribution in [0.3, 0.4) is 0 Å². The van der Waals surface area contributed by atoms with E-state index in [4.69, 9.17) is 0 Å². The van der Waals surface area contributed by atoms with E-state index in [0.29, 0.717) is 12.5 Å². The Labute approximate surface area is 173 Å². The topological polar surface area (TPSA) is 100.0 Å². The fraction of sp³-hybridized carbons (Fsp3) is 0.182. The van der Waals surface area contributed by atoms with Crippen molar-refractivity contribution in [3.63, 3.8) is 0 Å². The van der Waals surface area contributed by atoms with Crippen LogP contribution in [0.1, 0.15) is 17.0 Å². The first-order valence-corrected chi connectivity index (χ1v) is 9.56. The molecule has 0 aliphatic carbocycles. The van der Waals surface area contributed by atoms with Crippen molar-refractivity contribution in [3.8, 4) is 0 Å². The zero-order valence-electron chi connectivity index (χ0n) is 16.7. The zero-order valence-corrected chi connectivity index (χ0v) is 16.7. The fourth-order valence-corrected chi connectivity index (χ4v) is 3.49. The lowest BCUT2D eigenvalue weighted by Gasteiger charge is -2.20. The normalized spacial score (nSPS) is 11.9. The molecule has 2 N–H and O–H groups in total. The van der Waals surface area contributed by atoms with Crippen LogP contribution < -0.4 is 10.2 Å². The molecule has 8 nitrogen and oxygen atoms in total. The molecule has 2 heterocycles. The summed E-state index contributed by atoms with van der Waals surface area (Å²) in [4.78, 5) is 23.9. The van der Waals surface area contributed by atoms with Crippen molar-refractivity contribution in [3.05, 3.63) is 88.4 Å². The van der Waals surface area contributed by atoms with E-state index in [2.05, 4.69) is 61.6 Å². The number of hydrogen-bond acceptors (Lipinski definition) is 6. The third kappa shape index (κ3) is 3.93. The highest BCUT2D eigenvalue weighted by Crippen LogP contribution is 2.32. The van der Waals surface area contributed by atoms with Crippen LogP contribution in [0, 0.1) is 10.1 Å². The summed E-state index contributed by atoms with van der Waals surface area (Å²) in [6.45, 7) is 0.543. The molecule has 0 amide bonds. The lowest BCUT2D eigenvalue weighted by atomic mass is 9.90. The number of aromatic amines is 1. The highest BCUT2D eigenvalue weighted by atomic mass is 16.6. The van der Waals surface area contributed by atoms with Crippen molar-refractivity contribution < 1.29 is 4.92 Å². The number of anilines is 2.